The Morgan fingerprint density at radius 3 is 2.54 bits per heavy atom. The minimum Gasteiger partial charge on any atom is -0.494 e. The van der Waals surface area contributed by atoms with Crippen molar-refractivity contribution < 1.29 is 28.6 Å². The SMILES string of the molecule is CC(N)c1cccc(OCCCCCCOCCOCCNc2ccc3c(c2)CN(C2CCC(=O)NC2=O)C3=O)c1. The molecule has 4 N–H and O–H groups in total. The van der Waals surface area contributed by atoms with E-state index in [1.165, 1.54) is 0 Å². The second-order valence-electron chi connectivity index (χ2n) is 10.5. The average Bonchev–Trinajstić information content (AvgIpc) is 3.28. The smallest absolute Gasteiger partial charge is 0.255 e. The van der Waals surface area contributed by atoms with Crippen LogP contribution < -0.4 is 21.1 Å². The minimum absolute atomic E-state index is 0.00748. The molecule has 2 unspecified atom stereocenters. The summed E-state index contributed by atoms with van der Waals surface area (Å²) >= 11 is 0. The van der Waals surface area contributed by atoms with Gasteiger partial charge in [-0.05, 0) is 74.1 Å². The number of nitrogens with two attached hydrogens (primary N) is 1. The molecule has 4 rings (SSSR count). The normalized spacial score (nSPS) is 17.4. The van der Waals surface area contributed by atoms with E-state index in [9.17, 15) is 14.4 Å². The third-order valence-corrected chi connectivity index (χ3v) is 7.31. The predicted octanol–water partition coefficient (Wildman–Crippen LogP) is 3.55. The van der Waals surface area contributed by atoms with Crippen LogP contribution in [0.5, 0.6) is 5.75 Å². The molecule has 0 bridgehead atoms. The van der Waals surface area contributed by atoms with Gasteiger partial charge in [0.05, 0.1) is 26.4 Å². The van der Waals surface area contributed by atoms with E-state index in [0.29, 0.717) is 51.5 Å². The highest BCUT2D eigenvalue weighted by atomic mass is 16.5. The monoisotopic (exact) mass is 566 g/mol. The molecule has 0 aliphatic carbocycles. The molecule has 1 saturated heterocycles. The number of fused-ring (bicyclic) bond motifs is 1. The zero-order valence-corrected chi connectivity index (χ0v) is 23.9. The number of unbranched alkanes of at least 4 members (excludes halogenated alkanes) is 3. The standard InChI is InChI=1S/C31H42N4O6/c1-22(32)23-7-6-8-26(20-23)41-15-5-3-2-4-14-39-17-18-40-16-13-33-25-9-10-27-24(19-25)21-35(31(27)38)28-11-12-29(36)34-30(28)37/h6-10,19-20,22,28,33H,2-5,11-18,21,32H2,1H3,(H,34,36,37). The second-order valence-corrected chi connectivity index (χ2v) is 10.5. The Bertz CT molecular complexity index is 1190. The van der Waals surface area contributed by atoms with E-state index in [1.54, 1.807) is 11.0 Å². The third-order valence-electron chi connectivity index (χ3n) is 7.31. The number of ether oxygens (including phenoxy) is 3. The number of hydrogen-bond acceptors (Lipinski definition) is 8. The van der Waals surface area contributed by atoms with Gasteiger partial charge in [-0.15, -0.1) is 0 Å². The molecule has 2 heterocycles. The van der Waals surface area contributed by atoms with E-state index < -0.39 is 11.9 Å². The number of nitrogens with one attached hydrogen (secondary N) is 2. The van der Waals surface area contributed by atoms with Crippen LogP contribution >= 0.6 is 0 Å². The maximum absolute atomic E-state index is 12.8. The van der Waals surface area contributed by atoms with Gasteiger partial charge < -0.3 is 30.2 Å². The maximum atomic E-state index is 12.8. The van der Waals surface area contributed by atoms with Gasteiger partial charge in [-0.25, -0.2) is 0 Å². The van der Waals surface area contributed by atoms with E-state index in [4.69, 9.17) is 19.9 Å². The number of anilines is 1. The molecular formula is C31H42N4O6. The summed E-state index contributed by atoms with van der Waals surface area (Å²) in [6.07, 6.45) is 4.84. The van der Waals surface area contributed by atoms with Crippen molar-refractivity contribution in [3.8, 4) is 5.75 Å². The summed E-state index contributed by atoms with van der Waals surface area (Å²) < 4.78 is 17.2. The number of piperidine rings is 1. The Balaban J connectivity index is 0.995. The Morgan fingerprint density at radius 1 is 0.976 bits per heavy atom. The highest BCUT2D eigenvalue weighted by Gasteiger charge is 2.39. The molecule has 0 saturated carbocycles. The highest BCUT2D eigenvalue weighted by Crippen LogP contribution is 2.29. The van der Waals surface area contributed by atoms with Crippen LogP contribution in [0.4, 0.5) is 5.69 Å². The van der Waals surface area contributed by atoms with E-state index >= 15 is 0 Å². The zero-order valence-electron chi connectivity index (χ0n) is 23.9. The summed E-state index contributed by atoms with van der Waals surface area (Å²) in [7, 11) is 0. The van der Waals surface area contributed by atoms with Crippen LogP contribution in [0.25, 0.3) is 0 Å². The Morgan fingerprint density at radius 2 is 1.76 bits per heavy atom. The number of rotatable bonds is 17. The molecule has 1 fully saturated rings. The molecule has 10 heteroatoms. The van der Waals surface area contributed by atoms with Crippen molar-refractivity contribution in [3.05, 3.63) is 59.2 Å². The summed E-state index contributed by atoms with van der Waals surface area (Å²) in [5.74, 6) is 0.0199. The first-order valence-electron chi connectivity index (χ1n) is 14.6. The Kier molecular flexibility index (Phi) is 11.5. The van der Waals surface area contributed by atoms with Crippen molar-refractivity contribution in [3.63, 3.8) is 0 Å². The van der Waals surface area contributed by atoms with Gasteiger partial charge in [0, 0.05) is 43.4 Å². The van der Waals surface area contributed by atoms with Crippen LogP contribution in [0.3, 0.4) is 0 Å². The van der Waals surface area contributed by atoms with Crippen molar-refractivity contribution in [2.24, 2.45) is 5.73 Å². The van der Waals surface area contributed by atoms with Crippen molar-refractivity contribution >= 4 is 23.4 Å². The molecule has 2 atom stereocenters. The molecule has 41 heavy (non-hydrogen) atoms. The molecule has 3 amide bonds. The lowest BCUT2D eigenvalue weighted by molar-refractivity contribution is -0.136. The molecule has 0 aromatic heterocycles. The lowest BCUT2D eigenvalue weighted by atomic mass is 10.0. The number of carbonyl (C=O) groups excluding carboxylic acids is 3. The molecule has 2 aromatic rings. The van der Waals surface area contributed by atoms with Crippen LogP contribution in [0.2, 0.25) is 0 Å². The average molecular weight is 567 g/mol. The first kappa shape index (κ1) is 30.5. The van der Waals surface area contributed by atoms with E-state index in [1.807, 2.05) is 43.3 Å². The second kappa shape index (κ2) is 15.5. The highest BCUT2D eigenvalue weighted by molar-refractivity contribution is 6.05. The number of hydrogen-bond donors (Lipinski definition) is 3. The maximum Gasteiger partial charge on any atom is 0.255 e. The van der Waals surface area contributed by atoms with E-state index in [0.717, 1.165) is 54.9 Å². The summed E-state index contributed by atoms with van der Waals surface area (Å²) in [6, 6.07) is 13.0. The van der Waals surface area contributed by atoms with Gasteiger partial charge in [0.1, 0.15) is 11.8 Å². The van der Waals surface area contributed by atoms with Crippen LogP contribution in [0, 0.1) is 0 Å². The largest absolute Gasteiger partial charge is 0.494 e. The quantitative estimate of drug-likeness (QED) is 0.196. The zero-order chi connectivity index (χ0) is 29.0. The van der Waals surface area contributed by atoms with Crippen LogP contribution in [-0.4, -0.2) is 68.2 Å². The van der Waals surface area contributed by atoms with Gasteiger partial charge in [0.15, 0.2) is 0 Å². The van der Waals surface area contributed by atoms with Gasteiger partial charge in [0.2, 0.25) is 11.8 Å². The van der Waals surface area contributed by atoms with Gasteiger partial charge >= 0.3 is 0 Å². The molecule has 2 aromatic carbocycles. The summed E-state index contributed by atoms with van der Waals surface area (Å²) in [5.41, 5.74) is 9.37. The number of amides is 3. The summed E-state index contributed by atoms with van der Waals surface area (Å²) in [5, 5.41) is 5.64. The van der Waals surface area contributed by atoms with Crippen LogP contribution in [-0.2, 0) is 25.6 Å². The van der Waals surface area contributed by atoms with Crippen molar-refractivity contribution in [2.45, 2.75) is 64.1 Å². The molecular weight excluding hydrogens is 524 g/mol. The fourth-order valence-corrected chi connectivity index (χ4v) is 5.01. The first-order chi connectivity index (χ1) is 19.9. The number of nitrogens with zero attached hydrogens (tertiary/aromatic N) is 1. The fourth-order valence-electron chi connectivity index (χ4n) is 5.01. The molecule has 0 radical (unpaired) electrons. The fraction of sp³-hybridized carbons (Fsp3) is 0.516. The predicted molar refractivity (Wildman–Crippen MR) is 156 cm³/mol. The number of carbonyl (C=O) groups is 3. The van der Waals surface area contributed by atoms with Crippen molar-refractivity contribution in [1.82, 2.24) is 10.2 Å². The van der Waals surface area contributed by atoms with E-state index in [-0.39, 0.29) is 24.3 Å². The third kappa shape index (κ3) is 9.01. The van der Waals surface area contributed by atoms with Crippen LogP contribution in [0.15, 0.2) is 42.5 Å². The molecule has 0 spiro atoms. The Hall–Kier alpha value is -3.47. The molecule has 10 nitrogen and oxygen atoms in total. The van der Waals surface area contributed by atoms with Crippen LogP contribution in [0.1, 0.15) is 73.0 Å². The molecule has 2 aliphatic heterocycles. The lowest BCUT2D eigenvalue weighted by Gasteiger charge is -2.29. The number of benzene rings is 2. The Labute approximate surface area is 241 Å². The molecule has 222 valence electrons. The summed E-state index contributed by atoms with van der Waals surface area (Å²) in [4.78, 5) is 38.0. The van der Waals surface area contributed by atoms with Gasteiger partial charge in [-0.3, -0.25) is 19.7 Å². The van der Waals surface area contributed by atoms with Gasteiger partial charge in [0.25, 0.3) is 5.91 Å². The van der Waals surface area contributed by atoms with Gasteiger partial charge in [-0.1, -0.05) is 18.6 Å². The van der Waals surface area contributed by atoms with E-state index in [2.05, 4.69) is 10.6 Å². The minimum atomic E-state index is -0.603. The lowest BCUT2D eigenvalue weighted by Crippen LogP contribution is -2.52. The first-order valence-corrected chi connectivity index (χ1v) is 14.6. The molecule has 2 aliphatic rings. The summed E-state index contributed by atoms with van der Waals surface area (Å²) in [6.45, 7) is 6.02. The number of imide groups is 1. The topological polar surface area (TPSA) is 132 Å². The van der Waals surface area contributed by atoms with Gasteiger partial charge in [-0.2, -0.15) is 0 Å². The van der Waals surface area contributed by atoms with Crippen molar-refractivity contribution in [2.75, 3.05) is 44.9 Å². The van der Waals surface area contributed by atoms with Crippen molar-refractivity contribution in [1.29, 1.82) is 0 Å².